The zero-order chi connectivity index (χ0) is 21.4. The number of piperidine rings is 3. The Hall–Kier alpha value is -1.67. The van der Waals surface area contributed by atoms with Gasteiger partial charge in [-0.3, -0.25) is 9.69 Å². The van der Waals surface area contributed by atoms with Gasteiger partial charge in [0.2, 0.25) is 5.91 Å². The first-order valence-electron chi connectivity index (χ1n) is 11.0. The second-order valence-corrected chi connectivity index (χ2v) is 8.64. The van der Waals surface area contributed by atoms with Gasteiger partial charge in [0.15, 0.2) is 0 Å². The summed E-state index contributed by atoms with van der Waals surface area (Å²) >= 11 is 0. The number of carbonyl (C=O) groups is 3. The predicted molar refractivity (Wildman–Crippen MR) is 110 cm³/mol. The van der Waals surface area contributed by atoms with Crippen molar-refractivity contribution in [1.82, 2.24) is 14.7 Å². The molecule has 0 saturated carbocycles. The summed E-state index contributed by atoms with van der Waals surface area (Å²) in [5.41, 5.74) is 0. The van der Waals surface area contributed by atoms with Crippen molar-refractivity contribution >= 4 is 17.8 Å². The fraction of sp³-hybridized carbons (Fsp3) is 0.857. The summed E-state index contributed by atoms with van der Waals surface area (Å²) in [6.45, 7) is 9.87. The quantitative estimate of drug-likeness (QED) is 0.684. The van der Waals surface area contributed by atoms with Crippen LogP contribution in [0.4, 0.5) is 0 Å². The van der Waals surface area contributed by atoms with Crippen LogP contribution in [-0.4, -0.2) is 93.6 Å². The molecule has 0 aromatic rings. The molecule has 3 heterocycles. The van der Waals surface area contributed by atoms with Gasteiger partial charge in [0.25, 0.3) is 0 Å². The first-order valence-corrected chi connectivity index (χ1v) is 11.0. The van der Waals surface area contributed by atoms with E-state index in [1.54, 1.807) is 0 Å². The van der Waals surface area contributed by atoms with Crippen LogP contribution >= 0.6 is 0 Å². The molecule has 2 N–H and O–H groups in total. The van der Waals surface area contributed by atoms with Crippen molar-refractivity contribution in [2.24, 2.45) is 0 Å². The van der Waals surface area contributed by atoms with Gasteiger partial charge >= 0.3 is 11.9 Å². The van der Waals surface area contributed by atoms with E-state index in [1.807, 2.05) is 0 Å². The van der Waals surface area contributed by atoms with Gasteiger partial charge in [-0.2, -0.15) is 0 Å². The summed E-state index contributed by atoms with van der Waals surface area (Å²) in [6, 6.07) is 1.63. The molecular weight excluding hydrogens is 374 g/mol. The van der Waals surface area contributed by atoms with Crippen LogP contribution in [-0.2, 0) is 14.4 Å². The van der Waals surface area contributed by atoms with Gasteiger partial charge in [-0.15, -0.1) is 0 Å². The van der Waals surface area contributed by atoms with Crippen LogP contribution in [0.25, 0.3) is 0 Å². The molecule has 2 unspecified atom stereocenters. The molecule has 8 nitrogen and oxygen atoms in total. The molecule has 0 aromatic carbocycles. The van der Waals surface area contributed by atoms with Crippen molar-refractivity contribution in [3.05, 3.63) is 0 Å². The minimum absolute atomic E-state index is 0.362. The van der Waals surface area contributed by atoms with Gasteiger partial charge in [0.05, 0.1) is 6.54 Å². The standard InChI is InChI=1S/C19H35N3O.C2H2O4/c1-16-7-6-8-17(2)22(16)19(23)15-20-13-9-18(10-14-20)21-11-4-3-5-12-21;3-1(4)2(5)6/h16-18H,3-15H2,1-2H3;(H,3,4)(H,5,6). The average Bonchev–Trinajstić information content (AvgIpc) is 2.69. The third-order valence-corrected chi connectivity index (χ3v) is 6.49. The molecule has 3 aliphatic heterocycles. The van der Waals surface area contributed by atoms with E-state index in [-0.39, 0.29) is 0 Å². The van der Waals surface area contributed by atoms with E-state index in [9.17, 15) is 4.79 Å². The molecule has 3 aliphatic rings. The lowest BCUT2D eigenvalue weighted by Gasteiger charge is -2.42. The molecular formula is C21H37N3O5. The number of carbonyl (C=O) groups excluding carboxylic acids is 1. The number of carboxylic acids is 2. The summed E-state index contributed by atoms with van der Waals surface area (Å²) in [5.74, 6) is -3.29. The van der Waals surface area contributed by atoms with Crippen molar-refractivity contribution in [3.8, 4) is 0 Å². The highest BCUT2D eigenvalue weighted by molar-refractivity contribution is 6.27. The molecule has 0 spiro atoms. The van der Waals surface area contributed by atoms with Gasteiger partial charge in [0.1, 0.15) is 0 Å². The number of hydrogen-bond acceptors (Lipinski definition) is 5. The number of amides is 1. The second-order valence-electron chi connectivity index (χ2n) is 8.64. The van der Waals surface area contributed by atoms with Crippen molar-refractivity contribution in [3.63, 3.8) is 0 Å². The maximum atomic E-state index is 12.7. The first-order chi connectivity index (χ1) is 13.8. The van der Waals surface area contributed by atoms with Crippen LogP contribution in [0.2, 0.25) is 0 Å². The van der Waals surface area contributed by atoms with Crippen LogP contribution in [0.1, 0.15) is 65.2 Å². The van der Waals surface area contributed by atoms with E-state index in [1.165, 1.54) is 64.5 Å². The summed E-state index contributed by atoms with van der Waals surface area (Å²) in [6.07, 6.45) is 10.3. The molecule has 166 valence electrons. The van der Waals surface area contributed by atoms with Gasteiger partial charge < -0.3 is 20.0 Å². The van der Waals surface area contributed by atoms with Crippen molar-refractivity contribution < 1.29 is 24.6 Å². The Morgan fingerprint density at radius 2 is 1.28 bits per heavy atom. The summed E-state index contributed by atoms with van der Waals surface area (Å²) in [5, 5.41) is 14.8. The van der Waals surface area contributed by atoms with Gasteiger partial charge in [0, 0.05) is 31.2 Å². The van der Waals surface area contributed by atoms with E-state index in [4.69, 9.17) is 19.8 Å². The largest absolute Gasteiger partial charge is 0.473 e. The molecule has 0 aromatic heterocycles. The number of rotatable bonds is 3. The minimum atomic E-state index is -1.82. The normalized spacial score (nSPS) is 27.0. The second kappa shape index (κ2) is 11.5. The lowest BCUT2D eigenvalue weighted by atomic mass is 9.97. The number of carboxylic acid groups (broad SMARTS) is 2. The van der Waals surface area contributed by atoms with Crippen molar-refractivity contribution in [2.75, 3.05) is 32.7 Å². The highest BCUT2D eigenvalue weighted by Gasteiger charge is 2.31. The number of likely N-dealkylation sites (tertiary alicyclic amines) is 3. The molecule has 0 radical (unpaired) electrons. The molecule has 2 atom stereocenters. The van der Waals surface area contributed by atoms with Gasteiger partial charge in [-0.1, -0.05) is 6.42 Å². The fourth-order valence-corrected chi connectivity index (χ4v) is 4.91. The van der Waals surface area contributed by atoms with E-state index in [2.05, 4.69) is 28.5 Å². The molecule has 29 heavy (non-hydrogen) atoms. The third-order valence-electron chi connectivity index (χ3n) is 6.49. The Balaban J connectivity index is 0.000000438. The molecule has 0 bridgehead atoms. The molecule has 8 heteroatoms. The number of aliphatic carboxylic acids is 2. The Bertz CT molecular complexity index is 535. The van der Waals surface area contributed by atoms with E-state index >= 15 is 0 Å². The zero-order valence-corrected chi connectivity index (χ0v) is 17.9. The lowest BCUT2D eigenvalue weighted by Crippen LogP contribution is -2.53. The number of hydrogen-bond donors (Lipinski definition) is 2. The Kier molecular flexibility index (Phi) is 9.36. The molecule has 0 aliphatic carbocycles. The van der Waals surface area contributed by atoms with E-state index in [0.29, 0.717) is 24.5 Å². The molecule has 3 saturated heterocycles. The van der Waals surface area contributed by atoms with Crippen molar-refractivity contribution in [2.45, 2.75) is 83.3 Å². The maximum Gasteiger partial charge on any atom is 0.414 e. The number of nitrogens with zero attached hydrogens (tertiary/aromatic N) is 3. The van der Waals surface area contributed by atoms with E-state index in [0.717, 1.165) is 19.1 Å². The first kappa shape index (κ1) is 23.6. The summed E-state index contributed by atoms with van der Waals surface area (Å²) < 4.78 is 0. The lowest BCUT2D eigenvalue weighted by molar-refractivity contribution is -0.159. The Morgan fingerprint density at radius 1 is 0.759 bits per heavy atom. The van der Waals surface area contributed by atoms with E-state index < -0.39 is 11.9 Å². The zero-order valence-electron chi connectivity index (χ0n) is 17.9. The van der Waals surface area contributed by atoms with Crippen molar-refractivity contribution in [1.29, 1.82) is 0 Å². The minimum Gasteiger partial charge on any atom is -0.473 e. The van der Waals surface area contributed by atoms with Gasteiger partial charge in [-0.05, 0) is 71.9 Å². The van der Waals surface area contributed by atoms with Crippen LogP contribution in [0.3, 0.4) is 0 Å². The molecule has 3 rings (SSSR count). The smallest absolute Gasteiger partial charge is 0.414 e. The van der Waals surface area contributed by atoms with Crippen LogP contribution in [0, 0.1) is 0 Å². The van der Waals surface area contributed by atoms with Crippen LogP contribution in [0.5, 0.6) is 0 Å². The SMILES string of the molecule is CC1CCCC(C)N1C(=O)CN1CCC(N2CCCCC2)CC1.O=C(O)C(=O)O. The highest BCUT2D eigenvalue weighted by atomic mass is 16.4. The van der Waals surface area contributed by atoms with Crippen LogP contribution < -0.4 is 0 Å². The summed E-state index contributed by atoms with van der Waals surface area (Å²) in [7, 11) is 0. The molecule has 1 amide bonds. The maximum absolute atomic E-state index is 12.7. The average molecular weight is 412 g/mol. The topological polar surface area (TPSA) is 101 Å². The van der Waals surface area contributed by atoms with Gasteiger partial charge in [-0.25, -0.2) is 9.59 Å². The monoisotopic (exact) mass is 411 g/mol. The predicted octanol–water partition coefficient (Wildman–Crippen LogP) is 1.88. The molecule has 3 fully saturated rings. The highest BCUT2D eigenvalue weighted by Crippen LogP contribution is 2.24. The summed E-state index contributed by atoms with van der Waals surface area (Å²) in [4.78, 5) is 38.2. The third kappa shape index (κ3) is 7.26. The van der Waals surface area contributed by atoms with Crippen LogP contribution in [0.15, 0.2) is 0 Å². The Labute approximate surface area is 173 Å². The Morgan fingerprint density at radius 3 is 1.76 bits per heavy atom. The fourth-order valence-electron chi connectivity index (χ4n) is 4.91.